The third-order valence-corrected chi connectivity index (χ3v) is 6.65. The summed E-state index contributed by atoms with van der Waals surface area (Å²) in [4.78, 5) is 29.8. The number of aromatic nitrogens is 4. The molecular weight excluding hydrogens is 521 g/mol. The highest BCUT2D eigenvalue weighted by Crippen LogP contribution is 2.32. The molecule has 1 N–H and O–H groups in total. The summed E-state index contributed by atoms with van der Waals surface area (Å²) in [6, 6.07) is 19.9. The lowest BCUT2D eigenvalue weighted by molar-refractivity contribution is -0.129. The number of benzene rings is 2. The molecule has 0 fully saturated rings. The second-order valence-corrected chi connectivity index (χ2v) is 10.0. The van der Waals surface area contributed by atoms with Crippen molar-refractivity contribution in [2.24, 2.45) is 0 Å². The summed E-state index contributed by atoms with van der Waals surface area (Å²) >= 11 is 0. The highest BCUT2D eigenvalue weighted by molar-refractivity contribution is 5.81. The van der Waals surface area contributed by atoms with E-state index in [4.69, 9.17) is 14.7 Å². The molecular formula is C31H32FN7O2. The number of amides is 1. The van der Waals surface area contributed by atoms with Crippen molar-refractivity contribution in [3.05, 3.63) is 96.1 Å². The maximum atomic E-state index is 13.8. The molecule has 0 spiro atoms. The van der Waals surface area contributed by atoms with Gasteiger partial charge in [0.2, 0.25) is 11.9 Å². The summed E-state index contributed by atoms with van der Waals surface area (Å²) < 4.78 is 21.1. The van der Waals surface area contributed by atoms with Gasteiger partial charge in [-0.15, -0.1) is 0 Å². The van der Waals surface area contributed by atoms with Crippen LogP contribution >= 0.6 is 0 Å². The van der Waals surface area contributed by atoms with Crippen LogP contribution in [0.15, 0.2) is 79.1 Å². The zero-order valence-corrected chi connectivity index (χ0v) is 23.5. The van der Waals surface area contributed by atoms with Crippen LogP contribution < -0.4 is 10.1 Å². The number of nitrogens with one attached hydrogen (secondary N) is 1. The normalized spacial score (nSPS) is 11.2. The minimum atomic E-state index is -0.317. The Balaban J connectivity index is 1.49. The first-order valence-electron chi connectivity index (χ1n) is 13.2. The number of nitrogens with zero attached hydrogens (tertiary/aromatic N) is 6. The van der Waals surface area contributed by atoms with Gasteiger partial charge >= 0.3 is 0 Å². The maximum absolute atomic E-state index is 13.8. The number of rotatable bonds is 10. The summed E-state index contributed by atoms with van der Waals surface area (Å²) in [5.74, 6) is 0.968. The Hall–Kier alpha value is -4.83. The molecule has 0 unspecified atom stereocenters. The van der Waals surface area contributed by atoms with Crippen LogP contribution in [0.25, 0.3) is 28.3 Å². The van der Waals surface area contributed by atoms with Crippen LogP contribution in [-0.4, -0.2) is 69.9 Å². The van der Waals surface area contributed by atoms with Crippen molar-refractivity contribution in [3.8, 4) is 28.4 Å². The lowest BCUT2D eigenvalue weighted by Crippen LogP contribution is -2.34. The molecule has 5 rings (SSSR count). The summed E-state index contributed by atoms with van der Waals surface area (Å²) in [6.45, 7) is 1.41. The standard InChI is InChI=1S/C31H32FN7O2/c1-37(2)28(40)20-38(3)19-22-13-15-39-27(17-22)36-29(23-8-10-24(32)11-9-23)30(39)26-12-14-33-31(35-26)34-18-21-6-5-7-25(16-21)41-4/h5-17H,18-20H2,1-4H3,(H,33,34,35). The first-order chi connectivity index (χ1) is 19.8. The van der Waals surface area contributed by atoms with E-state index >= 15 is 0 Å². The Morgan fingerprint density at radius 1 is 1.00 bits per heavy atom. The summed E-state index contributed by atoms with van der Waals surface area (Å²) in [5.41, 5.74) is 5.64. The number of pyridine rings is 1. The molecule has 0 bridgehead atoms. The fraction of sp³-hybridized carbons (Fsp3) is 0.226. The lowest BCUT2D eigenvalue weighted by Gasteiger charge is -2.19. The molecule has 0 radical (unpaired) electrons. The Bertz CT molecular complexity index is 1670. The van der Waals surface area contributed by atoms with Crippen molar-refractivity contribution >= 4 is 17.5 Å². The number of hydrogen-bond acceptors (Lipinski definition) is 7. The molecule has 0 aliphatic heterocycles. The number of hydrogen-bond donors (Lipinski definition) is 1. The van der Waals surface area contributed by atoms with E-state index in [1.165, 1.54) is 12.1 Å². The van der Waals surface area contributed by atoms with Gasteiger partial charge in [-0.1, -0.05) is 12.1 Å². The van der Waals surface area contributed by atoms with Crippen molar-refractivity contribution in [1.29, 1.82) is 0 Å². The van der Waals surface area contributed by atoms with E-state index in [0.29, 0.717) is 42.6 Å². The highest BCUT2D eigenvalue weighted by Gasteiger charge is 2.19. The molecule has 0 saturated carbocycles. The smallest absolute Gasteiger partial charge is 0.236 e. The molecule has 3 heterocycles. The number of methoxy groups -OCH3 is 1. The minimum absolute atomic E-state index is 0.0369. The van der Waals surface area contributed by atoms with Gasteiger partial charge in [0.1, 0.15) is 17.2 Å². The van der Waals surface area contributed by atoms with Gasteiger partial charge in [0.15, 0.2) is 0 Å². The van der Waals surface area contributed by atoms with Gasteiger partial charge in [0, 0.05) is 45.1 Å². The molecule has 9 nitrogen and oxygen atoms in total. The van der Waals surface area contributed by atoms with Crippen LogP contribution in [0.2, 0.25) is 0 Å². The minimum Gasteiger partial charge on any atom is -0.497 e. The van der Waals surface area contributed by atoms with Crippen molar-refractivity contribution in [2.45, 2.75) is 13.1 Å². The summed E-state index contributed by atoms with van der Waals surface area (Å²) in [7, 11) is 7.05. The number of carbonyl (C=O) groups excluding carboxylic acids is 1. The van der Waals surface area contributed by atoms with E-state index in [-0.39, 0.29) is 11.7 Å². The Labute approximate surface area is 238 Å². The fourth-order valence-electron chi connectivity index (χ4n) is 4.52. The molecule has 1 amide bonds. The topological polar surface area (TPSA) is 87.9 Å². The molecule has 10 heteroatoms. The second-order valence-electron chi connectivity index (χ2n) is 10.0. The SMILES string of the molecule is COc1cccc(CNc2nccc(-c3c(-c4ccc(F)cc4)nc4cc(CN(C)CC(=O)N(C)C)ccn34)n2)c1. The van der Waals surface area contributed by atoms with Crippen molar-refractivity contribution in [2.75, 3.05) is 40.1 Å². The molecule has 0 aliphatic carbocycles. The second kappa shape index (κ2) is 12.1. The molecule has 0 atom stereocenters. The molecule has 41 heavy (non-hydrogen) atoms. The van der Waals surface area contributed by atoms with E-state index in [1.54, 1.807) is 44.4 Å². The number of anilines is 1. The average Bonchev–Trinajstić information content (AvgIpc) is 3.35. The first-order valence-corrected chi connectivity index (χ1v) is 13.2. The van der Waals surface area contributed by atoms with E-state index in [2.05, 4.69) is 10.3 Å². The Kier molecular flexibility index (Phi) is 8.21. The monoisotopic (exact) mass is 553 g/mol. The van der Waals surface area contributed by atoms with E-state index in [1.807, 2.05) is 65.0 Å². The average molecular weight is 554 g/mol. The van der Waals surface area contributed by atoms with Crippen LogP contribution in [0.4, 0.5) is 10.3 Å². The Morgan fingerprint density at radius 3 is 2.56 bits per heavy atom. The summed E-state index contributed by atoms with van der Waals surface area (Å²) in [5, 5.41) is 3.29. The van der Waals surface area contributed by atoms with Gasteiger partial charge in [-0.25, -0.2) is 19.3 Å². The van der Waals surface area contributed by atoms with Crippen LogP contribution in [0.5, 0.6) is 5.75 Å². The highest BCUT2D eigenvalue weighted by atomic mass is 19.1. The Morgan fingerprint density at radius 2 is 1.80 bits per heavy atom. The van der Waals surface area contributed by atoms with Crippen LogP contribution in [0.1, 0.15) is 11.1 Å². The van der Waals surface area contributed by atoms with E-state index < -0.39 is 0 Å². The predicted molar refractivity (Wildman–Crippen MR) is 157 cm³/mol. The van der Waals surface area contributed by atoms with Gasteiger partial charge in [-0.3, -0.25) is 14.1 Å². The first kappa shape index (κ1) is 27.7. The third kappa shape index (κ3) is 6.50. The molecule has 5 aromatic rings. The van der Waals surface area contributed by atoms with Crippen molar-refractivity contribution in [3.63, 3.8) is 0 Å². The van der Waals surface area contributed by atoms with E-state index in [9.17, 15) is 9.18 Å². The molecule has 2 aromatic carbocycles. The zero-order chi connectivity index (χ0) is 28.9. The molecule has 0 saturated heterocycles. The van der Waals surface area contributed by atoms with Crippen molar-refractivity contribution < 1.29 is 13.9 Å². The van der Waals surface area contributed by atoms with Gasteiger partial charge in [-0.2, -0.15) is 0 Å². The van der Waals surface area contributed by atoms with Gasteiger partial charge in [0.05, 0.1) is 30.7 Å². The fourth-order valence-corrected chi connectivity index (χ4v) is 4.52. The number of carbonyl (C=O) groups is 1. The number of halogens is 1. The van der Waals surface area contributed by atoms with Gasteiger partial charge < -0.3 is 15.0 Å². The number of likely N-dealkylation sites (N-methyl/N-ethyl adjacent to an activating group) is 2. The third-order valence-electron chi connectivity index (χ3n) is 6.65. The number of imidazole rings is 1. The predicted octanol–water partition coefficient (Wildman–Crippen LogP) is 4.74. The van der Waals surface area contributed by atoms with Crippen LogP contribution in [-0.2, 0) is 17.9 Å². The van der Waals surface area contributed by atoms with Crippen LogP contribution in [0.3, 0.4) is 0 Å². The largest absolute Gasteiger partial charge is 0.497 e. The van der Waals surface area contributed by atoms with E-state index in [0.717, 1.165) is 28.1 Å². The van der Waals surface area contributed by atoms with Crippen LogP contribution in [0, 0.1) is 5.82 Å². The quantitative estimate of drug-likeness (QED) is 0.267. The molecule has 0 aliphatic rings. The molecule has 210 valence electrons. The lowest BCUT2D eigenvalue weighted by atomic mass is 10.1. The van der Waals surface area contributed by atoms with Gasteiger partial charge in [0.25, 0.3) is 0 Å². The molecule has 3 aromatic heterocycles. The number of fused-ring (bicyclic) bond motifs is 1. The summed E-state index contributed by atoms with van der Waals surface area (Å²) in [6.07, 6.45) is 3.66. The zero-order valence-electron chi connectivity index (χ0n) is 23.5. The van der Waals surface area contributed by atoms with Crippen molar-refractivity contribution in [1.82, 2.24) is 29.2 Å². The van der Waals surface area contributed by atoms with Gasteiger partial charge in [-0.05, 0) is 72.8 Å². The maximum Gasteiger partial charge on any atom is 0.236 e. The number of ether oxygens (including phenoxy) is 1.